The van der Waals surface area contributed by atoms with Crippen LogP contribution in [0.1, 0.15) is 37.1 Å². The number of carboxylic acid groups (broad SMARTS) is 1. The van der Waals surface area contributed by atoms with Crippen molar-refractivity contribution in [2.45, 2.75) is 55.7 Å². The first-order chi connectivity index (χ1) is 20.5. The number of aliphatic hydroxyl groups is 1. The van der Waals surface area contributed by atoms with E-state index in [9.17, 15) is 34.7 Å². The highest BCUT2D eigenvalue weighted by molar-refractivity contribution is 8.00. The molecule has 6 rings (SSSR count). The Bertz CT molecular complexity index is 1640. The first-order valence-corrected chi connectivity index (χ1v) is 15.5. The third-order valence-corrected chi connectivity index (χ3v) is 10.9. The fourth-order valence-corrected chi connectivity index (χ4v) is 8.60. The third-order valence-electron chi connectivity index (χ3n) is 8.31. The summed E-state index contributed by atoms with van der Waals surface area (Å²) in [4.78, 5) is 57.1. The number of nitro benzene ring substituents is 1. The van der Waals surface area contributed by atoms with E-state index in [1.54, 1.807) is 42.0 Å². The Morgan fingerprint density at radius 2 is 1.95 bits per heavy atom. The van der Waals surface area contributed by atoms with Crippen molar-refractivity contribution in [2.24, 2.45) is 11.8 Å². The summed E-state index contributed by atoms with van der Waals surface area (Å²) in [5.41, 5.74) is 1.23. The van der Waals surface area contributed by atoms with Crippen LogP contribution in [0.4, 0.5) is 10.5 Å². The van der Waals surface area contributed by atoms with Crippen molar-refractivity contribution in [2.75, 3.05) is 13.1 Å². The molecule has 0 radical (unpaired) electrons. The number of likely N-dealkylation sites (tertiary alicyclic amines) is 1. The van der Waals surface area contributed by atoms with Gasteiger partial charge in [-0.25, -0.2) is 14.6 Å². The number of benzene rings is 1. The minimum Gasteiger partial charge on any atom is -0.477 e. The molecule has 3 aliphatic rings. The molecule has 0 saturated carbocycles. The summed E-state index contributed by atoms with van der Waals surface area (Å²) in [6, 6.07) is 5.50. The predicted molar refractivity (Wildman–Crippen MR) is 156 cm³/mol. The lowest BCUT2D eigenvalue weighted by Gasteiger charge is -2.46. The van der Waals surface area contributed by atoms with Crippen LogP contribution in [0.25, 0.3) is 10.4 Å². The first kappa shape index (κ1) is 29.1. The molecule has 0 spiro atoms. The van der Waals surface area contributed by atoms with Gasteiger partial charge in [0.25, 0.3) is 5.69 Å². The molecule has 2 amide bonds. The molecule has 4 atom stereocenters. The number of rotatable bonds is 8. The summed E-state index contributed by atoms with van der Waals surface area (Å²) in [5.74, 6) is -2.39. The number of nitrogens with zero attached hydrogens (tertiary/aromatic N) is 5. The number of carbonyl (C=O) groups excluding carboxylic acids is 2. The molecule has 0 unspecified atom stereocenters. The van der Waals surface area contributed by atoms with Gasteiger partial charge in [0.1, 0.15) is 28.5 Å². The molecule has 2 aromatic heterocycles. The maximum absolute atomic E-state index is 12.7. The Morgan fingerprint density at radius 1 is 1.26 bits per heavy atom. The lowest BCUT2D eigenvalue weighted by Crippen LogP contribution is -2.63. The molecule has 15 heteroatoms. The van der Waals surface area contributed by atoms with E-state index in [0.29, 0.717) is 24.2 Å². The highest BCUT2D eigenvalue weighted by Gasteiger charge is 2.60. The SMILES string of the molecule is C[C@@H](O)[C@H]1C(=O)N2C(C(=O)O)=C(c3cn4cnc(SC5CCN(C(=O)OCc6ccc([N+](=O)[O-])cc6)CC5)c4s3)[C@H](C)[C@H]12. The molecule has 0 bridgehead atoms. The van der Waals surface area contributed by atoms with Gasteiger partial charge < -0.3 is 24.7 Å². The van der Waals surface area contributed by atoms with E-state index >= 15 is 0 Å². The van der Waals surface area contributed by atoms with Crippen LogP contribution in [0.15, 0.2) is 47.5 Å². The second-order valence-electron chi connectivity index (χ2n) is 11.0. The van der Waals surface area contributed by atoms with E-state index < -0.39 is 29.0 Å². The number of imidazole rings is 1. The third kappa shape index (κ3) is 5.14. The minimum atomic E-state index is -1.16. The number of non-ortho nitro benzene ring substituents is 1. The highest BCUT2D eigenvalue weighted by atomic mass is 32.2. The van der Waals surface area contributed by atoms with Gasteiger partial charge in [0, 0.05) is 48.2 Å². The van der Waals surface area contributed by atoms with Crippen molar-refractivity contribution in [3.05, 3.63) is 63.0 Å². The number of hydrogen-bond acceptors (Lipinski definition) is 10. The average Bonchev–Trinajstić information content (AvgIpc) is 3.62. The van der Waals surface area contributed by atoms with Crippen LogP contribution in [0.3, 0.4) is 0 Å². The second kappa shape index (κ2) is 11.3. The molecular weight excluding hydrogens is 598 g/mol. The normalized spacial score (nSPS) is 23.0. The number of thioether (sulfide) groups is 1. The summed E-state index contributed by atoms with van der Waals surface area (Å²) in [6.45, 7) is 4.53. The number of hydrogen-bond donors (Lipinski definition) is 2. The summed E-state index contributed by atoms with van der Waals surface area (Å²) in [7, 11) is 0. The number of carboxylic acids is 1. The van der Waals surface area contributed by atoms with Gasteiger partial charge in [-0.2, -0.15) is 0 Å². The highest BCUT2D eigenvalue weighted by Crippen LogP contribution is 2.52. The number of carbonyl (C=O) groups is 3. The number of piperidine rings is 1. The standard InChI is InChI=1S/C28H29N5O8S2/c1-14-20(23(27(36)37)32-22(14)21(15(2)34)25(32)35)19-11-31-13-29-24(26(31)43-19)42-18-7-9-30(10-8-18)28(38)41-12-16-3-5-17(6-4-16)33(39)40/h3-6,11,13-15,18,21-22,34H,7-10,12H2,1-2H3,(H,36,37)/t14-,15+,21+,22+/m0/s1. The zero-order chi connectivity index (χ0) is 30.6. The monoisotopic (exact) mass is 627 g/mol. The van der Waals surface area contributed by atoms with Crippen LogP contribution < -0.4 is 0 Å². The quantitative estimate of drug-likeness (QED) is 0.213. The molecule has 1 aromatic carbocycles. The van der Waals surface area contributed by atoms with Gasteiger partial charge in [0.2, 0.25) is 5.91 Å². The van der Waals surface area contributed by atoms with Crippen LogP contribution in [-0.4, -0.2) is 82.8 Å². The van der Waals surface area contributed by atoms with Gasteiger partial charge in [0.05, 0.1) is 27.9 Å². The van der Waals surface area contributed by atoms with Gasteiger partial charge in [0.15, 0.2) is 0 Å². The number of amides is 2. The van der Waals surface area contributed by atoms with E-state index in [0.717, 1.165) is 27.6 Å². The van der Waals surface area contributed by atoms with Gasteiger partial charge in [-0.05, 0) is 37.5 Å². The molecule has 2 N–H and O–H groups in total. The summed E-state index contributed by atoms with van der Waals surface area (Å²) in [5, 5.41) is 32.0. The van der Waals surface area contributed by atoms with Gasteiger partial charge >= 0.3 is 12.1 Å². The van der Waals surface area contributed by atoms with Crippen LogP contribution in [0.2, 0.25) is 0 Å². The van der Waals surface area contributed by atoms with Gasteiger partial charge in [-0.1, -0.05) is 18.7 Å². The molecule has 3 aliphatic heterocycles. The smallest absolute Gasteiger partial charge is 0.410 e. The zero-order valence-corrected chi connectivity index (χ0v) is 24.9. The Morgan fingerprint density at radius 3 is 2.58 bits per heavy atom. The zero-order valence-electron chi connectivity index (χ0n) is 23.3. The summed E-state index contributed by atoms with van der Waals surface area (Å²) < 4.78 is 7.28. The number of aliphatic carboxylic acids is 1. The predicted octanol–water partition coefficient (Wildman–Crippen LogP) is 3.85. The van der Waals surface area contributed by atoms with Crippen LogP contribution >= 0.6 is 23.1 Å². The Hall–Kier alpha value is -3.95. The van der Waals surface area contributed by atoms with Crippen LogP contribution in [-0.2, 0) is 20.9 Å². The largest absolute Gasteiger partial charge is 0.477 e. The minimum absolute atomic E-state index is 0.0149. The first-order valence-electron chi connectivity index (χ1n) is 13.8. The van der Waals surface area contributed by atoms with Crippen molar-refractivity contribution in [3.63, 3.8) is 0 Å². The molecule has 0 aliphatic carbocycles. The molecule has 2 fully saturated rings. The molecule has 2 saturated heterocycles. The number of β-lactam (4-membered cyclic amide) rings is 1. The number of aromatic nitrogens is 2. The molecule has 3 aromatic rings. The van der Waals surface area contributed by atoms with E-state index in [2.05, 4.69) is 4.98 Å². The number of fused-ring (bicyclic) bond motifs is 2. The Balaban J connectivity index is 1.09. The van der Waals surface area contributed by atoms with Crippen LogP contribution in [0, 0.1) is 22.0 Å². The fourth-order valence-electron chi connectivity index (χ4n) is 6.14. The van der Waals surface area contributed by atoms with Crippen molar-refractivity contribution < 1.29 is 34.3 Å². The molecule has 13 nitrogen and oxygen atoms in total. The molecular formula is C28H29N5O8S2. The van der Waals surface area contributed by atoms with Crippen molar-refractivity contribution in [3.8, 4) is 0 Å². The fraction of sp³-hybridized carbons (Fsp3) is 0.429. The lowest BCUT2D eigenvalue weighted by molar-refractivity contribution is -0.384. The van der Waals surface area contributed by atoms with Gasteiger partial charge in [-0.15, -0.1) is 11.3 Å². The number of nitro groups is 1. The van der Waals surface area contributed by atoms with Crippen molar-refractivity contribution in [1.29, 1.82) is 0 Å². The van der Waals surface area contributed by atoms with Crippen molar-refractivity contribution in [1.82, 2.24) is 19.2 Å². The topological polar surface area (TPSA) is 168 Å². The number of ether oxygens (including phenoxy) is 1. The second-order valence-corrected chi connectivity index (χ2v) is 13.3. The summed E-state index contributed by atoms with van der Waals surface area (Å²) in [6.07, 6.45) is 3.73. The maximum Gasteiger partial charge on any atom is 0.410 e. The number of aliphatic hydroxyl groups excluding tert-OH is 1. The average molecular weight is 628 g/mol. The number of thiazole rings is 1. The maximum atomic E-state index is 12.7. The van der Waals surface area contributed by atoms with Crippen LogP contribution in [0.5, 0.6) is 0 Å². The van der Waals surface area contributed by atoms with E-state index in [1.807, 2.05) is 17.5 Å². The Kier molecular flexibility index (Phi) is 7.64. The molecule has 226 valence electrons. The van der Waals surface area contributed by atoms with E-state index in [1.165, 1.54) is 28.4 Å². The lowest BCUT2D eigenvalue weighted by atomic mass is 9.77. The molecule has 43 heavy (non-hydrogen) atoms. The van der Waals surface area contributed by atoms with E-state index in [-0.39, 0.29) is 41.1 Å². The van der Waals surface area contributed by atoms with E-state index in [4.69, 9.17) is 4.74 Å². The Labute approximate surface area is 253 Å². The van der Waals surface area contributed by atoms with Gasteiger partial charge in [-0.3, -0.25) is 19.3 Å². The van der Waals surface area contributed by atoms with Crippen molar-refractivity contribution >= 4 is 57.2 Å². The molecule has 5 heterocycles. The summed E-state index contributed by atoms with van der Waals surface area (Å²) >= 11 is 3.06.